The molecule has 1 aromatic heterocycles. The minimum Gasteiger partial charge on any atom is -0.250 e. The number of rotatable bonds is 0. The van der Waals surface area contributed by atoms with Gasteiger partial charge in [0.1, 0.15) is 11.6 Å². The van der Waals surface area contributed by atoms with Gasteiger partial charge in [-0.1, -0.05) is 20.3 Å². The second-order valence-corrected chi connectivity index (χ2v) is 3.11. The van der Waals surface area contributed by atoms with E-state index in [2.05, 4.69) is 14.8 Å². The van der Waals surface area contributed by atoms with Gasteiger partial charge in [0.05, 0.1) is 0 Å². The Labute approximate surface area is 80.2 Å². The van der Waals surface area contributed by atoms with E-state index in [1.54, 1.807) is 0 Å². The second-order valence-electron chi connectivity index (χ2n) is 3.11. The number of hydrogen-bond donors (Lipinski definition) is 0. The number of aromatic nitrogens is 3. The third-order valence-corrected chi connectivity index (χ3v) is 2.12. The lowest BCUT2D eigenvalue weighted by Crippen LogP contribution is -2.02. The highest BCUT2D eigenvalue weighted by atomic mass is 15.3. The van der Waals surface area contributed by atoms with Gasteiger partial charge in [-0.3, -0.25) is 0 Å². The molecule has 0 spiro atoms. The maximum Gasteiger partial charge on any atom is 0.147 e. The molecule has 0 atom stereocenters. The van der Waals surface area contributed by atoms with E-state index >= 15 is 0 Å². The summed E-state index contributed by atoms with van der Waals surface area (Å²) in [7, 11) is 0. The molecule has 3 heteroatoms. The third-order valence-electron chi connectivity index (χ3n) is 2.12. The molecule has 0 saturated carbocycles. The molecule has 2 rings (SSSR count). The first-order chi connectivity index (χ1) is 6.36. The van der Waals surface area contributed by atoms with Crippen molar-refractivity contribution in [3.8, 4) is 0 Å². The Bertz CT molecular complexity index is 229. The molecule has 13 heavy (non-hydrogen) atoms. The highest BCUT2D eigenvalue weighted by Crippen LogP contribution is 2.11. The monoisotopic (exact) mass is 181 g/mol. The first-order valence-corrected chi connectivity index (χ1v) is 5.26. The summed E-state index contributed by atoms with van der Waals surface area (Å²) in [6.45, 7) is 7.03. The van der Waals surface area contributed by atoms with E-state index in [1.165, 1.54) is 25.1 Å². The molecule has 3 nitrogen and oxygen atoms in total. The van der Waals surface area contributed by atoms with Gasteiger partial charge < -0.3 is 0 Å². The van der Waals surface area contributed by atoms with E-state index < -0.39 is 0 Å². The average molecular weight is 181 g/mol. The summed E-state index contributed by atoms with van der Waals surface area (Å²) in [6.07, 6.45) is 4.97. The summed E-state index contributed by atoms with van der Waals surface area (Å²) in [5.41, 5.74) is 0. The molecule has 1 aliphatic heterocycles. The maximum absolute atomic E-state index is 4.36. The van der Waals surface area contributed by atoms with Gasteiger partial charge in [-0.2, -0.15) is 5.10 Å². The summed E-state index contributed by atoms with van der Waals surface area (Å²) < 4.78 is 2.06. The quantitative estimate of drug-likeness (QED) is 0.615. The Hall–Kier alpha value is -0.860. The number of nitrogens with zero attached hydrogens (tertiary/aromatic N) is 3. The van der Waals surface area contributed by atoms with Crippen molar-refractivity contribution in [2.45, 2.75) is 53.0 Å². The molecular weight excluding hydrogens is 162 g/mol. The third kappa shape index (κ3) is 2.54. The standard InChI is InChI=1S/C8H13N3.C2H6/c1-7-9-8-5-3-2-4-6-11(8)10-7;1-2/h2-6H2,1H3;1-2H3. The molecule has 0 bridgehead atoms. The van der Waals surface area contributed by atoms with Crippen LogP contribution in [-0.4, -0.2) is 14.8 Å². The van der Waals surface area contributed by atoms with Crippen molar-refractivity contribution in [2.75, 3.05) is 0 Å². The van der Waals surface area contributed by atoms with Crippen molar-refractivity contribution in [1.29, 1.82) is 0 Å². The average Bonchev–Trinajstić information content (AvgIpc) is 2.36. The molecule has 0 unspecified atom stereocenters. The fourth-order valence-corrected chi connectivity index (χ4v) is 1.58. The topological polar surface area (TPSA) is 30.7 Å². The molecule has 0 aliphatic carbocycles. The molecule has 74 valence electrons. The van der Waals surface area contributed by atoms with Gasteiger partial charge in [0.2, 0.25) is 0 Å². The van der Waals surface area contributed by atoms with Crippen molar-refractivity contribution in [2.24, 2.45) is 0 Å². The van der Waals surface area contributed by atoms with Gasteiger partial charge in [0, 0.05) is 13.0 Å². The minimum atomic E-state index is 0.918. The fraction of sp³-hybridized carbons (Fsp3) is 0.800. The Morgan fingerprint density at radius 2 is 1.92 bits per heavy atom. The summed E-state index contributed by atoms with van der Waals surface area (Å²) in [5.74, 6) is 2.10. The van der Waals surface area contributed by atoms with Crippen LogP contribution in [-0.2, 0) is 13.0 Å². The van der Waals surface area contributed by atoms with E-state index in [9.17, 15) is 0 Å². The van der Waals surface area contributed by atoms with Crippen LogP contribution in [0.1, 0.15) is 44.8 Å². The molecular formula is C10H19N3. The molecule has 2 heterocycles. The molecule has 1 aromatic rings. The number of hydrogen-bond acceptors (Lipinski definition) is 2. The summed E-state index contributed by atoms with van der Waals surface area (Å²) >= 11 is 0. The van der Waals surface area contributed by atoms with Crippen LogP contribution in [0.4, 0.5) is 0 Å². The van der Waals surface area contributed by atoms with Crippen LogP contribution >= 0.6 is 0 Å². The zero-order chi connectivity index (χ0) is 9.68. The summed E-state index contributed by atoms with van der Waals surface area (Å²) in [5, 5.41) is 4.32. The Kier molecular flexibility index (Phi) is 3.93. The van der Waals surface area contributed by atoms with E-state index in [0.29, 0.717) is 0 Å². The Balaban J connectivity index is 0.000000396. The van der Waals surface area contributed by atoms with Crippen molar-refractivity contribution in [1.82, 2.24) is 14.8 Å². The lowest BCUT2D eigenvalue weighted by molar-refractivity contribution is 0.572. The van der Waals surface area contributed by atoms with Gasteiger partial charge in [-0.05, 0) is 19.8 Å². The zero-order valence-electron chi connectivity index (χ0n) is 8.88. The van der Waals surface area contributed by atoms with Crippen LogP contribution < -0.4 is 0 Å². The highest BCUT2D eigenvalue weighted by molar-refractivity contribution is 4.92. The molecule has 0 amide bonds. The van der Waals surface area contributed by atoms with Crippen LogP contribution in [0, 0.1) is 6.92 Å². The van der Waals surface area contributed by atoms with Crippen LogP contribution in [0.3, 0.4) is 0 Å². The minimum absolute atomic E-state index is 0.918. The van der Waals surface area contributed by atoms with E-state index in [1.807, 2.05) is 20.8 Å². The lowest BCUT2D eigenvalue weighted by atomic mass is 10.2. The van der Waals surface area contributed by atoms with Crippen molar-refractivity contribution in [3.63, 3.8) is 0 Å². The van der Waals surface area contributed by atoms with Gasteiger partial charge in [-0.15, -0.1) is 0 Å². The van der Waals surface area contributed by atoms with Crippen LogP contribution in [0.2, 0.25) is 0 Å². The van der Waals surface area contributed by atoms with E-state index in [0.717, 1.165) is 18.8 Å². The van der Waals surface area contributed by atoms with E-state index in [-0.39, 0.29) is 0 Å². The molecule has 0 fully saturated rings. The largest absolute Gasteiger partial charge is 0.250 e. The normalized spacial score (nSPS) is 15.3. The number of fused-ring (bicyclic) bond motifs is 1. The SMILES string of the molecule is CC.Cc1nc2n(n1)CCCCC2. The lowest BCUT2D eigenvalue weighted by Gasteiger charge is -1.96. The fourth-order valence-electron chi connectivity index (χ4n) is 1.58. The maximum atomic E-state index is 4.36. The Morgan fingerprint density at radius 1 is 1.15 bits per heavy atom. The Morgan fingerprint density at radius 3 is 2.69 bits per heavy atom. The van der Waals surface area contributed by atoms with Gasteiger partial charge in [-0.25, -0.2) is 9.67 Å². The first-order valence-electron chi connectivity index (χ1n) is 5.26. The van der Waals surface area contributed by atoms with Crippen molar-refractivity contribution in [3.05, 3.63) is 11.6 Å². The first kappa shape index (κ1) is 10.2. The van der Waals surface area contributed by atoms with Crippen LogP contribution in [0.15, 0.2) is 0 Å². The molecule has 0 aromatic carbocycles. The van der Waals surface area contributed by atoms with Crippen molar-refractivity contribution < 1.29 is 0 Å². The molecule has 0 N–H and O–H groups in total. The second kappa shape index (κ2) is 5.00. The predicted octanol–water partition coefficient (Wildman–Crippen LogP) is 2.34. The summed E-state index contributed by atoms with van der Waals surface area (Å²) in [6, 6.07) is 0. The zero-order valence-corrected chi connectivity index (χ0v) is 8.88. The molecule has 0 saturated heterocycles. The number of aryl methyl sites for hydroxylation is 3. The van der Waals surface area contributed by atoms with Gasteiger partial charge in [0.25, 0.3) is 0 Å². The smallest absolute Gasteiger partial charge is 0.147 e. The van der Waals surface area contributed by atoms with E-state index in [4.69, 9.17) is 0 Å². The van der Waals surface area contributed by atoms with Gasteiger partial charge >= 0.3 is 0 Å². The van der Waals surface area contributed by atoms with Gasteiger partial charge in [0.15, 0.2) is 0 Å². The van der Waals surface area contributed by atoms with Crippen molar-refractivity contribution >= 4 is 0 Å². The van der Waals surface area contributed by atoms with Crippen LogP contribution in [0.5, 0.6) is 0 Å². The highest BCUT2D eigenvalue weighted by Gasteiger charge is 2.09. The van der Waals surface area contributed by atoms with Crippen LogP contribution in [0.25, 0.3) is 0 Å². The molecule has 0 radical (unpaired) electrons. The summed E-state index contributed by atoms with van der Waals surface area (Å²) in [4.78, 5) is 4.36. The predicted molar refractivity (Wildman–Crippen MR) is 53.7 cm³/mol. The molecule has 1 aliphatic rings.